The highest BCUT2D eigenvalue weighted by Crippen LogP contribution is 2.50. The Bertz CT molecular complexity index is 2550. The minimum atomic E-state index is -3.32. The van der Waals surface area contributed by atoms with Gasteiger partial charge in [0.1, 0.15) is 0 Å². The Morgan fingerprint density at radius 2 is 0.870 bits per heavy atom. The Hall–Kier alpha value is -5.56. The monoisotopic (exact) mass is 605 g/mol. The summed E-state index contributed by atoms with van der Waals surface area (Å²) >= 11 is 0. The predicted molar refractivity (Wildman–Crippen MR) is 197 cm³/mol. The van der Waals surface area contributed by atoms with Crippen LogP contribution in [0.2, 0.25) is 0 Å². The van der Waals surface area contributed by atoms with Gasteiger partial charge in [0.2, 0.25) is 0 Å². The van der Waals surface area contributed by atoms with Crippen LogP contribution in [0.15, 0.2) is 170 Å². The lowest BCUT2D eigenvalue weighted by Crippen LogP contribution is -2.26. The highest BCUT2D eigenvalue weighted by molar-refractivity contribution is 7.86. The number of pyridine rings is 1. The van der Waals surface area contributed by atoms with Crippen molar-refractivity contribution in [2.75, 3.05) is 0 Å². The maximum Gasteiger partial charge on any atom is 0.172 e. The van der Waals surface area contributed by atoms with Crippen molar-refractivity contribution >= 4 is 77.0 Å². The fourth-order valence-corrected chi connectivity index (χ4v) is 10.4. The van der Waals surface area contributed by atoms with Gasteiger partial charge in [-0.2, -0.15) is 0 Å². The molecule has 0 saturated heterocycles. The number of para-hydroxylation sites is 1. The molecule has 0 atom stereocenters. The van der Waals surface area contributed by atoms with Crippen LogP contribution in [0.1, 0.15) is 0 Å². The second-order valence-corrected chi connectivity index (χ2v) is 14.5. The zero-order valence-electron chi connectivity index (χ0n) is 25.0. The van der Waals surface area contributed by atoms with E-state index in [-0.39, 0.29) is 0 Å². The molecule has 0 amide bonds. The average molecular weight is 606 g/mol. The van der Waals surface area contributed by atoms with Crippen molar-refractivity contribution in [1.29, 1.82) is 0 Å². The van der Waals surface area contributed by atoms with Crippen molar-refractivity contribution in [3.8, 4) is 11.3 Å². The van der Waals surface area contributed by atoms with Gasteiger partial charge in [0.05, 0.1) is 11.2 Å². The van der Waals surface area contributed by atoms with Gasteiger partial charge in [0.25, 0.3) is 0 Å². The van der Waals surface area contributed by atoms with Crippen LogP contribution in [0.3, 0.4) is 0 Å². The summed E-state index contributed by atoms with van der Waals surface area (Å²) < 4.78 is 16.0. The van der Waals surface area contributed by atoms with E-state index in [0.717, 1.165) is 65.0 Å². The lowest BCUT2D eigenvalue weighted by atomic mass is 9.90. The van der Waals surface area contributed by atoms with Crippen LogP contribution < -0.4 is 15.9 Å². The Morgan fingerprint density at radius 3 is 1.48 bits per heavy atom. The summed E-state index contributed by atoms with van der Waals surface area (Å²) in [5.74, 6) is 0. The normalized spacial score (nSPS) is 12.0. The summed E-state index contributed by atoms with van der Waals surface area (Å²) in [5.41, 5.74) is 2.96. The van der Waals surface area contributed by atoms with Crippen molar-refractivity contribution in [3.63, 3.8) is 0 Å². The summed E-state index contributed by atoms with van der Waals surface area (Å²) in [4.78, 5) is 5.42. The van der Waals surface area contributed by atoms with Gasteiger partial charge in [-0.05, 0) is 38.4 Å². The van der Waals surface area contributed by atoms with Gasteiger partial charge in [-0.1, -0.05) is 164 Å². The van der Waals surface area contributed by atoms with Crippen LogP contribution in [0.4, 0.5) is 0 Å². The van der Waals surface area contributed by atoms with Gasteiger partial charge in [-0.3, -0.25) is 0 Å². The van der Waals surface area contributed by atoms with Gasteiger partial charge >= 0.3 is 0 Å². The molecule has 0 N–H and O–H groups in total. The number of aromatic nitrogens is 1. The lowest BCUT2D eigenvalue weighted by molar-refractivity contribution is 0.593. The number of nitrogens with zero attached hydrogens (tertiary/aromatic N) is 1. The molecule has 9 aromatic rings. The zero-order valence-corrected chi connectivity index (χ0v) is 25.9. The van der Waals surface area contributed by atoms with E-state index in [2.05, 4.69) is 109 Å². The standard InChI is InChI=1S/C43H28NOP/c45-46(30-16-3-1-4-17-30,31-18-5-2-6-19-31)43-35-23-11-9-21-33(35)41(34-22-10-12-24-36(34)43)42-38-28-27-29-15-7-8-20-32(29)40(38)37-25-13-14-26-39(37)44-42/h1-28H. The van der Waals surface area contributed by atoms with Gasteiger partial charge < -0.3 is 4.57 Å². The molecule has 216 valence electrons. The first-order valence-corrected chi connectivity index (χ1v) is 17.3. The maximum atomic E-state index is 16.0. The first kappa shape index (κ1) is 26.8. The van der Waals surface area contributed by atoms with Crippen LogP contribution in [-0.4, -0.2) is 4.98 Å². The second kappa shape index (κ2) is 10.5. The third-order valence-electron chi connectivity index (χ3n) is 9.28. The fourth-order valence-electron chi connectivity index (χ4n) is 7.30. The van der Waals surface area contributed by atoms with Gasteiger partial charge in [0.15, 0.2) is 7.14 Å². The quantitative estimate of drug-likeness (QED) is 0.114. The number of hydrogen-bond donors (Lipinski definition) is 0. The first-order valence-electron chi connectivity index (χ1n) is 15.6. The van der Waals surface area contributed by atoms with E-state index in [1.54, 1.807) is 0 Å². The SMILES string of the molecule is O=P(c1ccccc1)(c1ccccc1)c1c2ccccc2c(-c2nc3ccccc3c3c2ccc2ccccc23)c2ccccc12. The third kappa shape index (κ3) is 3.91. The van der Waals surface area contributed by atoms with Gasteiger partial charge in [-0.25, -0.2) is 4.98 Å². The highest BCUT2D eigenvalue weighted by Gasteiger charge is 2.34. The van der Waals surface area contributed by atoms with Crippen LogP contribution in [0.25, 0.3) is 65.3 Å². The molecule has 0 spiro atoms. The molecule has 0 aliphatic heterocycles. The number of benzene rings is 8. The van der Waals surface area contributed by atoms with E-state index < -0.39 is 7.14 Å². The number of hydrogen-bond acceptors (Lipinski definition) is 2. The van der Waals surface area contributed by atoms with Crippen molar-refractivity contribution in [2.24, 2.45) is 0 Å². The minimum absolute atomic E-state index is 0.824. The predicted octanol–water partition coefficient (Wildman–Crippen LogP) is 10.2. The van der Waals surface area contributed by atoms with Crippen LogP contribution >= 0.6 is 7.14 Å². The molecular formula is C43H28NOP. The second-order valence-electron chi connectivity index (χ2n) is 11.8. The van der Waals surface area contributed by atoms with E-state index in [1.165, 1.54) is 16.2 Å². The molecule has 46 heavy (non-hydrogen) atoms. The fraction of sp³-hybridized carbons (Fsp3) is 0. The highest BCUT2D eigenvalue weighted by atomic mass is 31.2. The summed E-state index contributed by atoms with van der Waals surface area (Å²) in [6, 6.07) is 58.3. The van der Waals surface area contributed by atoms with Crippen LogP contribution in [-0.2, 0) is 4.57 Å². The van der Waals surface area contributed by atoms with E-state index >= 15 is 4.57 Å². The zero-order chi connectivity index (χ0) is 30.7. The molecule has 3 heteroatoms. The van der Waals surface area contributed by atoms with E-state index in [0.29, 0.717) is 0 Å². The molecule has 0 radical (unpaired) electrons. The molecular weight excluding hydrogens is 577 g/mol. The van der Waals surface area contributed by atoms with E-state index in [9.17, 15) is 0 Å². The molecule has 9 rings (SSSR count). The summed E-state index contributed by atoms with van der Waals surface area (Å²) in [6.45, 7) is 0. The van der Waals surface area contributed by atoms with E-state index in [1.807, 2.05) is 60.7 Å². The molecule has 1 aromatic heterocycles. The number of rotatable bonds is 4. The average Bonchev–Trinajstić information content (AvgIpc) is 3.13. The van der Waals surface area contributed by atoms with Crippen molar-refractivity contribution < 1.29 is 4.57 Å². The topological polar surface area (TPSA) is 30.0 Å². The molecule has 8 aromatic carbocycles. The Balaban J connectivity index is 1.49. The molecule has 1 heterocycles. The number of fused-ring (bicyclic) bond motifs is 7. The van der Waals surface area contributed by atoms with Crippen molar-refractivity contribution in [2.45, 2.75) is 0 Å². The van der Waals surface area contributed by atoms with Crippen molar-refractivity contribution in [1.82, 2.24) is 4.98 Å². The van der Waals surface area contributed by atoms with Crippen LogP contribution in [0.5, 0.6) is 0 Å². The molecule has 2 nitrogen and oxygen atoms in total. The smallest absolute Gasteiger partial charge is 0.172 e. The third-order valence-corrected chi connectivity index (χ3v) is 12.4. The molecule has 0 aliphatic carbocycles. The van der Waals surface area contributed by atoms with Crippen LogP contribution in [0, 0.1) is 0 Å². The Labute approximate surface area is 267 Å². The van der Waals surface area contributed by atoms with Gasteiger partial charge in [-0.15, -0.1) is 0 Å². The molecule has 0 bridgehead atoms. The largest absolute Gasteiger partial charge is 0.309 e. The lowest BCUT2D eigenvalue weighted by Gasteiger charge is -2.25. The maximum absolute atomic E-state index is 16.0. The summed E-state index contributed by atoms with van der Waals surface area (Å²) in [7, 11) is -3.32. The van der Waals surface area contributed by atoms with E-state index in [4.69, 9.17) is 4.98 Å². The molecule has 0 aliphatic rings. The molecule has 0 fully saturated rings. The van der Waals surface area contributed by atoms with Crippen molar-refractivity contribution in [3.05, 3.63) is 170 Å². The van der Waals surface area contributed by atoms with Gasteiger partial charge in [0, 0.05) is 37.6 Å². The summed E-state index contributed by atoms with van der Waals surface area (Å²) in [5, 5.41) is 12.4. The molecule has 0 saturated carbocycles. The summed E-state index contributed by atoms with van der Waals surface area (Å²) in [6.07, 6.45) is 0. The minimum Gasteiger partial charge on any atom is -0.309 e. The first-order chi connectivity index (χ1) is 22.7. The molecule has 0 unspecified atom stereocenters. The Morgan fingerprint density at radius 1 is 0.391 bits per heavy atom. The Kier molecular flexibility index (Phi) is 6.13.